The standard InChI is InChI=1S/C15H13ClFN5O/c16-12-6-10(17)2-3-11(12)13-7-22(20-19-13)15-9-23-8-14(15)21-5-1-4-18-21/h1-7,14-15H,8-9H2/t14-,15+/m0/s1. The van der Waals surface area contributed by atoms with Gasteiger partial charge in [-0.1, -0.05) is 16.8 Å². The molecule has 2 atom stereocenters. The summed E-state index contributed by atoms with van der Waals surface area (Å²) in [4.78, 5) is 0. The van der Waals surface area contributed by atoms with Gasteiger partial charge in [0.05, 0.1) is 30.5 Å². The molecule has 23 heavy (non-hydrogen) atoms. The summed E-state index contributed by atoms with van der Waals surface area (Å²) in [5.41, 5.74) is 1.25. The first-order valence-corrected chi connectivity index (χ1v) is 7.54. The quantitative estimate of drug-likeness (QED) is 0.739. The van der Waals surface area contributed by atoms with Gasteiger partial charge in [-0.25, -0.2) is 9.07 Å². The van der Waals surface area contributed by atoms with Crippen molar-refractivity contribution >= 4 is 11.6 Å². The smallest absolute Gasteiger partial charge is 0.124 e. The summed E-state index contributed by atoms with van der Waals surface area (Å²) >= 11 is 6.09. The highest BCUT2D eigenvalue weighted by molar-refractivity contribution is 6.33. The van der Waals surface area contributed by atoms with E-state index in [9.17, 15) is 4.39 Å². The summed E-state index contributed by atoms with van der Waals surface area (Å²) < 4.78 is 22.4. The highest BCUT2D eigenvalue weighted by Crippen LogP contribution is 2.31. The molecule has 0 aliphatic carbocycles. The summed E-state index contributed by atoms with van der Waals surface area (Å²) in [5.74, 6) is -0.380. The van der Waals surface area contributed by atoms with Gasteiger partial charge in [-0.2, -0.15) is 5.10 Å². The Balaban J connectivity index is 1.65. The minimum Gasteiger partial charge on any atom is -0.377 e. The number of ether oxygens (including phenoxy) is 1. The lowest BCUT2D eigenvalue weighted by molar-refractivity contribution is 0.179. The lowest BCUT2D eigenvalue weighted by Gasteiger charge is -2.17. The molecule has 0 N–H and O–H groups in total. The average molecular weight is 334 g/mol. The number of rotatable bonds is 3. The number of halogens is 2. The third-order valence-electron chi connectivity index (χ3n) is 3.94. The summed E-state index contributed by atoms with van der Waals surface area (Å²) in [6, 6.07) is 6.15. The van der Waals surface area contributed by atoms with Crippen molar-refractivity contribution in [3.63, 3.8) is 0 Å². The van der Waals surface area contributed by atoms with Crippen molar-refractivity contribution in [1.82, 2.24) is 24.8 Å². The van der Waals surface area contributed by atoms with E-state index >= 15 is 0 Å². The predicted molar refractivity (Wildman–Crippen MR) is 81.5 cm³/mol. The van der Waals surface area contributed by atoms with Crippen LogP contribution in [0.1, 0.15) is 12.1 Å². The summed E-state index contributed by atoms with van der Waals surface area (Å²) in [6.45, 7) is 1.10. The molecule has 3 aromatic rings. The Hall–Kier alpha value is -2.25. The molecule has 1 aromatic carbocycles. The Kier molecular flexibility index (Phi) is 3.59. The molecule has 0 spiro atoms. The molecular weight excluding hydrogens is 321 g/mol. The average Bonchev–Trinajstić information content (AvgIpc) is 3.27. The second-order valence-electron chi connectivity index (χ2n) is 5.37. The number of hydrogen-bond acceptors (Lipinski definition) is 4. The van der Waals surface area contributed by atoms with Crippen LogP contribution < -0.4 is 0 Å². The van der Waals surface area contributed by atoms with Gasteiger partial charge >= 0.3 is 0 Å². The molecule has 8 heteroatoms. The second-order valence-corrected chi connectivity index (χ2v) is 5.77. The Morgan fingerprint density at radius 2 is 2.04 bits per heavy atom. The van der Waals surface area contributed by atoms with Crippen LogP contribution in [-0.4, -0.2) is 38.0 Å². The Morgan fingerprint density at radius 3 is 2.78 bits per heavy atom. The zero-order chi connectivity index (χ0) is 15.8. The van der Waals surface area contributed by atoms with E-state index in [1.165, 1.54) is 12.1 Å². The summed E-state index contributed by atoms with van der Waals surface area (Å²) in [5, 5.41) is 12.9. The van der Waals surface area contributed by atoms with Crippen LogP contribution in [0.5, 0.6) is 0 Å². The van der Waals surface area contributed by atoms with Gasteiger partial charge in [0, 0.05) is 18.0 Å². The number of nitrogens with zero attached hydrogens (tertiary/aromatic N) is 5. The first-order chi connectivity index (χ1) is 11.2. The van der Waals surface area contributed by atoms with E-state index in [-0.39, 0.29) is 17.9 Å². The van der Waals surface area contributed by atoms with E-state index in [2.05, 4.69) is 15.4 Å². The van der Waals surface area contributed by atoms with Gasteiger partial charge < -0.3 is 4.74 Å². The molecule has 1 saturated heterocycles. The third kappa shape index (κ3) is 2.62. The van der Waals surface area contributed by atoms with Gasteiger partial charge in [0.15, 0.2) is 0 Å². The van der Waals surface area contributed by atoms with Crippen LogP contribution in [0.2, 0.25) is 5.02 Å². The second kappa shape index (κ2) is 5.75. The van der Waals surface area contributed by atoms with E-state index < -0.39 is 0 Å². The highest BCUT2D eigenvalue weighted by atomic mass is 35.5. The molecule has 1 fully saturated rings. The molecule has 0 radical (unpaired) electrons. The topological polar surface area (TPSA) is 57.8 Å². The molecule has 6 nitrogen and oxygen atoms in total. The number of aromatic nitrogens is 5. The SMILES string of the molecule is Fc1ccc(-c2cn([C@@H]3COC[C@@H]3n3cccn3)nn2)c(Cl)c1. The normalized spacial score (nSPS) is 21.0. The number of hydrogen-bond donors (Lipinski definition) is 0. The monoisotopic (exact) mass is 333 g/mol. The fraction of sp³-hybridized carbons (Fsp3) is 0.267. The van der Waals surface area contributed by atoms with Gasteiger partial charge in [0.25, 0.3) is 0 Å². The highest BCUT2D eigenvalue weighted by Gasteiger charge is 2.32. The first kappa shape index (κ1) is 14.3. The van der Waals surface area contributed by atoms with Crippen LogP contribution in [0.3, 0.4) is 0 Å². The molecule has 4 rings (SSSR count). The van der Waals surface area contributed by atoms with Crippen LogP contribution in [0.4, 0.5) is 4.39 Å². The fourth-order valence-electron chi connectivity index (χ4n) is 2.77. The lowest BCUT2D eigenvalue weighted by Crippen LogP contribution is -2.22. The molecule has 0 amide bonds. The van der Waals surface area contributed by atoms with Crippen LogP contribution in [0.15, 0.2) is 42.9 Å². The van der Waals surface area contributed by atoms with E-state index in [1.807, 2.05) is 16.9 Å². The minimum atomic E-state index is -0.380. The van der Waals surface area contributed by atoms with Gasteiger partial charge in [-0.15, -0.1) is 5.10 Å². The van der Waals surface area contributed by atoms with Crippen molar-refractivity contribution in [1.29, 1.82) is 0 Å². The van der Waals surface area contributed by atoms with Crippen molar-refractivity contribution in [2.45, 2.75) is 12.1 Å². The fourth-order valence-corrected chi connectivity index (χ4v) is 3.04. The Bertz CT molecular complexity index is 819. The largest absolute Gasteiger partial charge is 0.377 e. The molecule has 0 unspecified atom stereocenters. The van der Waals surface area contributed by atoms with Gasteiger partial charge in [0.2, 0.25) is 0 Å². The molecular formula is C15H13ClFN5O. The van der Waals surface area contributed by atoms with E-state index in [0.717, 1.165) is 0 Å². The van der Waals surface area contributed by atoms with Gasteiger partial charge in [-0.05, 0) is 24.3 Å². The van der Waals surface area contributed by atoms with Crippen molar-refractivity contribution < 1.29 is 9.13 Å². The zero-order valence-electron chi connectivity index (χ0n) is 12.0. The molecule has 118 valence electrons. The third-order valence-corrected chi connectivity index (χ3v) is 4.26. The first-order valence-electron chi connectivity index (χ1n) is 7.16. The maximum Gasteiger partial charge on any atom is 0.124 e. The maximum atomic E-state index is 13.2. The van der Waals surface area contributed by atoms with Crippen LogP contribution in [0, 0.1) is 5.82 Å². The maximum absolute atomic E-state index is 13.2. The summed E-state index contributed by atoms with van der Waals surface area (Å²) in [7, 11) is 0. The van der Waals surface area contributed by atoms with E-state index in [1.54, 1.807) is 23.1 Å². The molecule has 0 saturated carbocycles. The lowest BCUT2D eigenvalue weighted by atomic mass is 10.1. The molecule has 1 aliphatic heterocycles. The molecule has 2 aromatic heterocycles. The summed E-state index contributed by atoms with van der Waals surface area (Å²) in [6.07, 6.45) is 5.44. The van der Waals surface area contributed by atoms with Crippen molar-refractivity contribution in [3.05, 3.63) is 53.7 Å². The van der Waals surface area contributed by atoms with Crippen LogP contribution >= 0.6 is 11.6 Å². The minimum absolute atomic E-state index is 0.00428. The van der Waals surface area contributed by atoms with Crippen molar-refractivity contribution in [2.24, 2.45) is 0 Å². The van der Waals surface area contributed by atoms with Gasteiger partial charge in [-0.3, -0.25) is 4.68 Å². The van der Waals surface area contributed by atoms with E-state index in [4.69, 9.17) is 16.3 Å². The Morgan fingerprint density at radius 1 is 1.22 bits per heavy atom. The molecule has 3 heterocycles. The van der Waals surface area contributed by atoms with E-state index in [0.29, 0.717) is 29.5 Å². The molecule has 1 aliphatic rings. The van der Waals surface area contributed by atoms with Crippen molar-refractivity contribution in [3.8, 4) is 11.3 Å². The van der Waals surface area contributed by atoms with Crippen LogP contribution in [0.25, 0.3) is 11.3 Å². The number of benzene rings is 1. The van der Waals surface area contributed by atoms with Crippen molar-refractivity contribution in [2.75, 3.05) is 13.2 Å². The zero-order valence-corrected chi connectivity index (χ0v) is 12.8. The molecule has 0 bridgehead atoms. The Labute approximate surface area is 136 Å². The predicted octanol–water partition coefficient (Wildman–Crippen LogP) is 2.75. The van der Waals surface area contributed by atoms with Gasteiger partial charge in [0.1, 0.15) is 17.6 Å². The van der Waals surface area contributed by atoms with Crippen LogP contribution in [-0.2, 0) is 4.74 Å².